The fourth-order valence-corrected chi connectivity index (χ4v) is 2.71. The zero-order chi connectivity index (χ0) is 14.5. The van der Waals surface area contributed by atoms with Crippen LogP contribution in [0.25, 0.3) is 0 Å². The van der Waals surface area contributed by atoms with Crippen molar-refractivity contribution >= 4 is 0 Å². The lowest BCUT2D eigenvalue weighted by atomic mass is 9.99. The Kier molecular flexibility index (Phi) is 4.53. The van der Waals surface area contributed by atoms with Crippen molar-refractivity contribution in [3.8, 4) is 5.75 Å². The summed E-state index contributed by atoms with van der Waals surface area (Å²) in [7, 11) is 0. The molecule has 0 amide bonds. The highest BCUT2D eigenvalue weighted by molar-refractivity contribution is 5.35. The Bertz CT molecular complexity index is 570. The van der Waals surface area contributed by atoms with Gasteiger partial charge in [0.2, 0.25) is 0 Å². The SMILES string of the molecule is OC(CNCc1ccccc1)C1CCc2ccccc2O1. The van der Waals surface area contributed by atoms with Crippen molar-refractivity contribution in [2.24, 2.45) is 0 Å². The lowest BCUT2D eigenvalue weighted by molar-refractivity contribution is 0.0244. The van der Waals surface area contributed by atoms with E-state index in [1.807, 2.05) is 36.4 Å². The summed E-state index contributed by atoms with van der Waals surface area (Å²) in [6, 6.07) is 18.3. The molecule has 0 saturated carbocycles. The van der Waals surface area contributed by atoms with Crippen LogP contribution >= 0.6 is 0 Å². The highest BCUT2D eigenvalue weighted by Crippen LogP contribution is 2.28. The molecule has 0 spiro atoms. The molecule has 2 N–H and O–H groups in total. The molecule has 1 heterocycles. The third kappa shape index (κ3) is 3.63. The molecule has 2 aromatic carbocycles. The second-order valence-corrected chi connectivity index (χ2v) is 5.49. The van der Waals surface area contributed by atoms with Crippen LogP contribution < -0.4 is 10.1 Å². The summed E-state index contributed by atoms with van der Waals surface area (Å²) in [6.07, 6.45) is 1.23. The summed E-state index contributed by atoms with van der Waals surface area (Å²) in [6.45, 7) is 1.31. The summed E-state index contributed by atoms with van der Waals surface area (Å²) >= 11 is 0. The smallest absolute Gasteiger partial charge is 0.126 e. The number of aliphatic hydroxyl groups is 1. The van der Waals surface area contributed by atoms with Crippen molar-refractivity contribution in [2.75, 3.05) is 6.54 Å². The van der Waals surface area contributed by atoms with Gasteiger partial charge in [-0.3, -0.25) is 0 Å². The summed E-state index contributed by atoms with van der Waals surface area (Å²) < 4.78 is 5.91. The number of para-hydroxylation sites is 1. The predicted molar refractivity (Wildman–Crippen MR) is 83.3 cm³/mol. The molecular weight excluding hydrogens is 262 g/mol. The van der Waals surface area contributed by atoms with Crippen LogP contribution in [-0.4, -0.2) is 23.9 Å². The first kappa shape index (κ1) is 14.1. The van der Waals surface area contributed by atoms with Gasteiger partial charge in [0, 0.05) is 13.1 Å². The van der Waals surface area contributed by atoms with Crippen molar-refractivity contribution in [2.45, 2.75) is 31.6 Å². The molecule has 0 saturated heterocycles. The van der Waals surface area contributed by atoms with Crippen molar-refractivity contribution in [3.05, 3.63) is 65.7 Å². The van der Waals surface area contributed by atoms with Crippen molar-refractivity contribution < 1.29 is 9.84 Å². The minimum atomic E-state index is -0.484. The number of ether oxygens (including phenoxy) is 1. The van der Waals surface area contributed by atoms with Crippen molar-refractivity contribution in [3.63, 3.8) is 0 Å². The Morgan fingerprint density at radius 1 is 1.10 bits per heavy atom. The number of hydrogen-bond donors (Lipinski definition) is 2. The molecule has 2 aromatic rings. The molecule has 2 atom stereocenters. The maximum Gasteiger partial charge on any atom is 0.126 e. The van der Waals surface area contributed by atoms with E-state index >= 15 is 0 Å². The minimum absolute atomic E-state index is 0.122. The highest BCUT2D eigenvalue weighted by atomic mass is 16.5. The topological polar surface area (TPSA) is 41.5 Å². The van der Waals surface area contributed by atoms with Crippen molar-refractivity contribution in [1.82, 2.24) is 5.32 Å². The van der Waals surface area contributed by atoms with Gasteiger partial charge in [-0.05, 0) is 30.0 Å². The van der Waals surface area contributed by atoms with Gasteiger partial charge in [0.15, 0.2) is 0 Å². The fourth-order valence-electron chi connectivity index (χ4n) is 2.71. The predicted octanol–water partition coefficient (Wildman–Crippen LogP) is 2.53. The molecule has 1 aliphatic rings. The molecule has 1 aliphatic heterocycles. The van der Waals surface area contributed by atoms with E-state index in [1.54, 1.807) is 0 Å². The van der Waals surface area contributed by atoms with E-state index in [1.165, 1.54) is 11.1 Å². The summed E-state index contributed by atoms with van der Waals surface area (Å²) in [5, 5.41) is 13.6. The maximum absolute atomic E-state index is 10.3. The van der Waals surface area contributed by atoms with Crippen LogP contribution in [0.5, 0.6) is 5.75 Å². The molecule has 3 nitrogen and oxygen atoms in total. The van der Waals surface area contributed by atoms with Gasteiger partial charge in [0.25, 0.3) is 0 Å². The van der Waals surface area contributed by atoms with Gasteiger partial charge in [-0.15, -0.1) is 0 Å². The lowest BCUT2D eigenvalue weighted by Crippen LogP contribution is -2.41. The molecule has 110 valence electrons. The molecule has 0 radical (unpaired) electrons. The standard InChI is InChI=1S/C18H21NO2/c20-16(13-19-12-14-6-2-1-3-7-14)18-11-10-15-8-4-5-9-17(15)21-18/h1-9,16,18-20H,10-13H2. The van der Waals surface area contributed by atoms with E-state index in [4.69, 9.17) is 4.74 Å². The molecule has 2 unspecified atom stereocenters. The number of nitrogens with one attached hydrogen (secondary N) is 1. The van der Waals surface area contributed by atoms with E-state index < -0.39 is 6.10 Å². The van der Waals surface area contributed by atoms with Crippen molar-refractivity contribution in [1.29, 1.82) is 0 Å². The minimum Gasteiger partial charge on any atom is -0.487 e. The molecule has 0 aromatic heterocycles. The Morgan fingerprint density at radius 2 is 1.86 bits per heavy atom. The van der Waals surface area contributed by atoms with Gasteiger partial charge in [0.05, 0.1) is 0 Å². The molecule has 3 rings (SSSR count). The summed E-state index contributed by atoms with van der Waals surface area (Å²) in [5.74, 6) is 0.913. The fraction of sp³-hybridized carbons (Fsp3) is 0.333. The van der Waals surface area contributed by atoms with Gasteiger partial charge < -0.3 is 15.2 Å². The van der Waals surface area contributed by atoms with Crippen LogP contribution in [0.4, 0.5) is 0 Å². The molecule has 21 heavy (non-hydrogen) atoms. The monoisotopic (exact) mass is 283 g/mol. The second kappa shape index (κ2) is 6.74. The van der Waals surface area contributed by atoms with Gasteiger partial charge in [0.1, 0.15) is 18.0 Å². The number of hydrogen-bond acceptors (Lipinski definition) is 3. The number of aryl methyl sites for hydroxylation is 1. The second-order valence-electron chi connectivity index (χ2n) is 5.49. The number of rotatable bonds is 5. The van der Waals surface area contributed by atoms with E-state index in [-0.39, 0.29) is 6.10 Å². The van der Waals surface area contributed by atoms with E-state index in [0.717, 1.165) is 25.1 Å². The van der Waals surface area contributed by atoms with Crippen LogP contribution in [0.2, 0.25) is 0 Å². The summed E-state index contributed by atoms with van der Waals surface area (Å²) in [5.41, 5.74) is 2.46. The van der Waals surface area contributed by atoms with E-state index in [0.29, 0.717) is 6.54 Å². The molecule has 3 heteroatoms. The average molecular weight is 283 g/mol. The third-order valence-corrected chi connectivity index (χ3v) is 3.90. The Morgan fingerprint density at radius 3 is 2.71 bits per heavy atom. The Balaban J connectivity index is 1.49. The Labute approximate surface area is 125 Å². The molecule has 0 aliphatic carbocycles. The third-order valence-electron chi connectivity index (χ3n) is 3.90. The lowest BCUT2D eigenvalue weighted by Gasteiger charge is -2.29. The van der Waals surface area contributed by atoms with E-state index in [2.05, 4.69) is 23.5 Å². The first-order valence-corrected chi connectivity index (χ1v) is 7.50. The van der Waals surface area contributed by atoms with Crippen LogP contribution in [0.15, 0.2) is 54.6 Å². The van der Waals surface area contributed by atoms with Gasteiger partial charge >= 0.3 is 0 Å². The van der Waals surface area contributed by atoms with Crippen LogP contribution in [0, 0.1) is 0 Å². The van der Waals surface area contributed by atoms with Crippen LogP contribution in [0.3, 0.4) is 0 Å². The van der Waals surface area contributed by atoms with E-state index in [9.17, 15) is 5.11 Å². The number of aliphatic hydroxyl groups excluding tert-OH is 1. The van der Waals surface area contributed by atoms with Gasteiger partial charge in [-0.25, -0.2) is 0 Å². The zero-order valence-electron chi connectivity index (χ0n) is 12.0. The Hall–Kier alpha value is -1.84. The number of benzene rings is 2. The van der Waals surface area contributed by atoms with Crippen LogP contribution in [0.1, 0.15) is 17.5 Å². The normalized spacial score (nSPS) is 18.6. The molecule has 0 bridgehead atoms. The van der Waals surface area contributed by atoms with Crippen LogP contribution in [-0.2, 0) is 13.0 Å². The first-order chi connectivity index (χ1) is 10.3. The zero-order valence-corrected chi connectivity index (χ0v) is 12.0. The molecular formula is C18H21NO2. The quantitative estimate of drug-likeness (QED) is 0.886. The first-order valence-electron chi connectivity index (χ1n) is 7.50. The average Bonchev–Trinajstić information content (AvgIpc) is 2.55. The highest BCUT2D eigenvalue weighted by Gasteiger charge is 2.25. The largest absolute Gasteiger partial charge is 0.487 e. The summed E-state index contributed by atoms with van der Waals surface area (Å²) in [4.78, 5) is 0. The van der Waals surface area contributed by atoms with Gasteiger partial charge in [-0.1, -0.05) is 48.5 Å². The maximum atomic E-state index is 10.3. The number of fused-ring (bicyclic) bond motifs is 1. The van der Waals surface area contributed by atoms with Gasteiger partial charge in [-0.2, -0.15) is 0 Å². The molecule has 0 fully saturated rings.